The van der Waals surface area contributed by atoms with Gasteiger partial charge >= 0.3 is 5.97 Å². The van der Waals surface area contributed by atoms with Crippen LogP contribution in [0.2, 0.25) is 0 Å². The van der Waals surface area contributed by atoms with Gasteiger partial charge in [-0.1, -0.05) is 0 Å². The number of rotatable bonds is 5. The molecule has 0 bridgehead atoms. The van der Waals surface area contributed by atoms with Crippen LogP contribution in [0.4, 0.5) is 0 Å². The number of carboxylic acid groups (broad SMARTS) is 1. The molecule has 98 valence electrons. The largest absolute Gasteiger partial charge is 0.472 e. The fraction of sp³-hybridized carbons (Fsp3) is 0.556. The summed E-state index contributed by atoms with van der Waals surface area (Å²) in [5, 5.41) is 50.5. The van der Waals surface area contributed by atoms with Crippen LogP contribution in [0.25, 0.3) is 0 Å². The van der Waals surface area contributed by atoms with Gasteiger partial charge in [-0.05, 0) is 0 Å². The van der Waals surface area contributed by atoms with Crippen LogP contribution in [0.1, 0.15) is 0 Å². The Bertz CT molecular complexity index is 281. The normalized spacial score (nSPS) is 14.6. The van der Waals surface area contributed by atoms with E-state index >= 15 is 0 Å². The van der Waals surface area contributed by atoms with E-state index in [1.165, 1.54) is 5.92 Å². The standard InChI is InChI=1S/C6H12O6.C3H2O2/c7-1-3(9)5(11)6(12)4(10)2-8;1-2-3(4)5/h3,5-9,11-12H,1-2H2;1H,(H,4,5). The summed E-state index contributed by atoms with van der Waals surface area (Å²) in [7, 11) is 0. The zero-order valence-corrected chi connectivity index (χ0v) is 8.72. The van der Waals surface area contributed by atoms with E-state index in [9.17, 15) is 4.79 Å². The van der Waals surface area contributed by atoms with Gasteiger partial charge < -0.3 is 30.6 Å². The highest BCUT2D eigenvalue weighted by Crippen LogP contribution is 2.00. The van der Waals surface area contributed by atoms with E-state index in [4.69, 9.17) is 35.4 Å². The first kappa shape index (κ1) is 17.9. The lowest BCUT2D eigenvalue weighted by atomic mass is 10.1. The van der Waals surface area contributed by atoms with Gasteiger partial charge in [0, 0.05) is 5.92 Å². The maximum Gasteiger partial charge on any atom is 0.381 e. The summed E-state index contributed by atoms with van der Waals surface area (Å²) >= 11 is 0. The summed E-state index contributed by atoms with van der Waals surface area (Å²) in [6.45, 7) is -1.69. The molecule has 0 amide bonds. The number of hydrogen-bond donors (Lipinski definition) is 6. The molecule has 0 rings (SSSR count). The maximum atomic E-state index is 10.5. The monoisotopic (exact) mass is 250 g/mol. The van der Waals surface area contributed by atoms with Crippen LogP contribution in [0, 0.1) is 12.3 Å². The molecule has 3 atom stereocenters. The second-order valence-corrected chi connectivity index (χ2v) is 2.76. The lowest BCUT2D eigenvalue weighted by Gasteiger charge is -2.19. The number of Topliss-reactive ketones (excluding diaryl/α,β-unsaturated/α-hetero) is 1. The van der Waals surface area contributed by atoms with Gasteiger partial charge in [-0.2, -0.15) is 0 Å². The smallest absolute Gasteiger partial charge is 0.381 e. The van der Waals surface area contributed by atoms with Gasteiger partial charge in [-0.15, -0.1) is 6.42 Å². The molecule has 17 heavy (non-hydrogen) atoms. The molecule has 0 saturated carbocycles. The molecule has 8 nitrogen and oxygen atoms in total. The third-order valence-electron chi connectivity index (χ3n) is 1.51. The summed E-state index contributed by atoms with van der Waals surface area (Å²) in [6, 6.07) is 0. The molecule has 0 fully saturated rings. The first-order valence-electron chi connectivity index (χ1n) is 4.29. The number of aliphatic carboxylic acids is 1. The molecule has 0 saturated heterocycles. The quantitative estimate of drug-likeness (QED) is 0.272. The maximum absolute atomic E-state index is 10.5. The topological polar surface area (TPSA) is 156 Å². The van der Waals surface area contributed by atoms with Crippen molar-refractivity contribution in [1.29, 1.82) is 0 Å². The molecule has 0 aliphatic rings. The third-order valence-corrected chi connectivity index (χ3v) is 1.51. The Hall–Kier alpha value is -1.50. The molecular weight excluding hydrogens is 236 g/mol. The van der Waals surface area contributed by atoms with Gasteiger partial charge in [0.1, 0.15) is 24.9 Å². The van der Waals surface area contributed by atoms with Crippen molar-refractivity contribution >= 4 is 11.8 Å². The molecule has 0 aliphatic heterocycles. The minimum Gasteiger partial charge on any atom is -0.472 e. The van der Waals surface area contributed by atoms with Crippen molar-refractivity contribution in [2.45, 2.75) is 18.3 Å². The molecule has 0 heterocycles. The SMILES string of the molecule is C#CC(=O)O.O=C(CO)C(O)C(O)C(O)CO. The van der Waals surface area contributed by atoms with E-state index in [1.54, 1.807) is 0 Å². The minimum absolute atomic E-state index is 0.767. The van der Waals surface area contributed by atoms with E-state index in [1.807, 2.05) is 0 Å². The zero-order chi connectivity index (χ0) is 14.0. The molecule has 0 radical (unpaired) electrons. The highest BCUT2D eigenvalue weighted by atomic mass is 16.4. The number of aliphatic hydroxyl groups is 5. The van der Waals surface area contributed by atoms with Crippen molar-refractivity contribution in [1.82, 2.24) is 0 Å². The Kier molecular flexibility index (Phi) is 10.2. The van der Waals surface area contributed by atoms with E-state index < -0.39 is 43.3 Å². The predicted molar refractivity (Wildman–Crippen MR) is 53.7 cm³/mol. The van der Waals surface area contributed by atoms with E-state index in [-0.39, 0.29) is 0 Å². The van der Waals surface area contributed by atoms with Crippen LogP contribution in [-0.4, -0.2) is 73.9 Å². The number of hydrogen-bond acceptors (Lipinski definition) is 7. The summed E-state index contributed by atoms with van der Waals surface area (Å²) in [5.41, 5.74) is 0. The van der Waals surface area contributed by atoms with Crippen LogP contribution in [0.5, 0.6) is 0 Å². The van der Waals surface area contributed by atoms with Gasteiger partial charge in [0.2, 0.25) is 0 Å². The van der Waals surface area contributed by atoms with Crippen LogP contribution in [0.3, 0.4) is 0 Å². The number of ketones is 1. The number of carbonyl (C=O) groups is 2. The third kappa shape index (κ3) is 8.32. The fourth-order valence-electron chi connectivity index (χ4n) is 0.602. The lowest BCUT2D eigenvalue weighted by Crippen LogP contribution is -2.44. The molecule has 0 aliphatic carbocycles. The zero-order valence-electron chi connectivity index (χ0n) is 8.72. The second kappa shape index (κ2) is 9.71. The van der Waals surface area contributed by atoms with Gasteiger partial charge in [0.15, 0.2) is 5.78 Å². The van der Waals surface area contributed by atoms with Gasteiger partial charge in [-0.3, -0.25) is 4.79 Å². The fourth-order valence-corrected chi connectivity index (χ4v) is 0.602. The van der Waals surface area contributed by atoms with Crippen LogP contribution >= 0.6 is 0 Å². The number of terminal acetylenes is 1. The van der Waals surface area contributed by atoms with Crippen molar-refractivity contribution in [3.63, 3.8) is 0 Å². The van der Waals surface area contributed by atoms with E-state index in [0.717, 1.165) is 0 Å². The lowest BCUT2D eigenvalue weighted by molar-refractivity contribution is -0.142. The summed E-state index contributed by atoms with van der Waals surface area (Å²) < 4.78 is 0. The Morgan fingerprint density at radius 2 is 1.59 bits per heavy atom. The van der Waals surface area contributed by atoms with Crippen molar-refractivity contribution < 1.29 is 40.2 Å². The summed E-state index contributed by atoms with van der Waals surface area (Å²) in [4.78, 5) is 19.7. The molecular formula is C9H14O8. The first-order valence-corrected chi connectivity index (χ1v) is 4.29. The number of carboxylic acids is 1. The molecule has 8 heteroatoms. The Morgan fingerprint density at radius 3 is 1.82 bits per heavy atom. The molecule has 3 unspecified atom stereocenters. The minimum atomic E-state index is -1.86. The van der Waals surface area contributed by atoms with Crippen molar-refractivity contribution in [2.24, 2.45) is 0 Å². The van der Waals surface area contributed by atoms with Gasteiger partial charge in [0.05, 0.1) is 6.61 Å². The van der Waals surface area contributed by atoms with Gasteiger partial charge in [0.25, 0.3) is 0 Å². The number of carbonyl (C=O) groups excluding carboxylic acids is 1. The van der Waals surface area contributed by atoms with E-state index in [2.05, 4.69) is 6.42 Å². The average Bonchev–Trinajstić information content (AvgIpc) is 2.35. The van der Waals surface area contributed by atoms with Crippen molar-refractivity contribution in [3.8, 4) is 12.3 Å². The van der Waals surface area contributed by atoms with Crippen molar-refractivity contribution in [3.05, 3.63) is 0 Å². The van der Waals surface area contributed by atoms with E-state index in [0.29, 0.717) is 0 Å². The Balaban J connectivity index is 0. The first-order chi connectivity index (χ1) is 7.81. The summed E-state index contributed by atoms with van der Waals surface area (Å²) in [6.07, 6.45) is -0.898. The summed E-state index contributed by atoms with van der Waals surface area (Å²) in [5.74, 6) is -0.778. The highest BCUT2D eigenvalue weighted by molar-refractivity contribution is 5.85. The highest BCUT2D eigenvalue weighted by Gasteiger charge is 2.28. The molecule has 0 aromatic rings. The van der Waals surface area contributed by atoms with Crippen LogP contribution in [0.15, 0.2) is 0 Å². The molecule has 0 aromatic heterocycles. The molecule has 0 aromatic carbocycles. The molecule has 6 N–H and O–H groups in total. The van der Waals surface area contributed by atoms with Crippen molar-refractivity contribution in [2.75, 3.05) is 13.2 Å². The van der Waals surface area contributed by atoms with Crippen LogP contribution in [-0.2, 0) is 9.59 Å². The Morgan fingerprint density at radius 1 is 1.18 bits per heavy atom. The number of aliphatic hydroxyl groups excluding tert-OH is 5. The second-order valence-electron chi connectivity index (χ2n) is 2.76. The van der Waals surface area contributed by atoms with Crippen LogP contribution < -0.4 is 0 Å². The molecule has 0 spiro atoms. The van der Waals surface area contributed by atoms with Gasteiger partial charge in [-0.25, -0.2) is 4.79 Å². The predicted octanol–water partition coefficient (Wildman–Crippen LogP) is -3.67. The Labute approximate surface area is 96.8 Å². The average molecular weight is 250 g/mol.